The number of carbonyl (C=O) groups excluding carboxylic acids is 1. The van der Waals surface area contributed by atoms with E-state index in [2.05, 4.69) is 10.1 Å². The number of aromatic nitrogens is 3. The van der Waals surface area contributed by atoms with Gasteiger partial charge in [-0.1, -0.05) is 11.6 Å². The molecule has 9 heteroatoms. The van der Waals surface area contributed by atoms with Gasteiger partial charge in [-0.15, -0.1) is 0 Å². The molecule has 0 aliphatic carbocycles. The molecule has 124 valence electrons. The zero-order valence-corrected chi connectivity index (χ0v) is 12.8. The molecule has 3 rings (SSSR count). The van der Waals surface area contributed by atoms with Crippen LogP contribution >= 0.6 is 11.6 Å². The molecule has 2 aromatic heterocycles. The van der Waals surface area contributed by atoms with Gasteiger partial charge in [0.05, 0.1) is 16.1 Å². The number of hydrogen-bond acceptors (Lipinski definition) is 3. The lowest BCUT2D eigenvalue weighted by atomic mass is 10.1. The lowest BCUT2D eigenvalue weighted by molar-refractivity contribution is -0.137. The lowest BCUT2D eigenvalue weighted by Gasteiger charge is -2.09. The van der Waals surface area contributed by atoms with Crippen LogP contribution in [0.5, 0.6) is 0 Å². The molecule has 0 saturated carbocycles. The van der Waals surface area contributed by atoms with Gasteiger partial charge < -0.3 is 0 Å². The van der Waals surface area contributed by atoms with Crippen molar-refractivity contribution in [1.82, 2.24) is 14.8 Å². The van der Waals surface area contributed by atoms with Gasteiger partial charge in [-0.3, -0.25) is 4.79 Å². The number of carbonyl (C=O) groups is 1. The van der Waals surface area contributed by atoms with Crippen molar-refractivity contribution in [1.29, 1.82) is 0 Å². The van der Waals surface area contributed by atoms with Crippen molar-refractivity contribution in [2.24, 2.45) is 0 Å². The van der Waals surface area contributed by atoms with Crippen LogP contribution in [-0.2, 0) is 6.18 Å². The first-order valence-electron chi connectivity index (χ1n) is 6.61. The molecule has 1 aromatic carbocycles. The summed E-state index contributed by atoms with van der Waals surface area (Å²) in [4.78, 5) is 15.4. The van der Waals surface area contributed by atoms with E-state index in [0.717, 1.165) is 16.8 Å². The second-order valence-electron chi connectivity index (χ2n) is 5.01. The van der Waals surface area contributed by atoms with Crippen molar-refractivity contribution in [2.45, 2.75) is 13.1 Å². The Morgan fingerprint density at radius 2 is 1.96 bits per heavy atom. The van der Waals surface area contributed by atoms with Gasteiger partial charge in [-0.25, -0.2) is 14.1 Å². The second kappa shape index (κ2) is 5.55. The number of pyridine rings is 1. The molecule has 2 heterocycles. The van der Waals surface area contributed by atoms with E-state index < -0.39 is 23.3 Å². The van der Waals surface area contributed by atoms with Crippen molar-refractivity contribution < 1.29 is 22.4 Å². The van der Waals surface area contributed by atoms with E-state index in [-0.39, 0.29) is 21.9 Å². The van der Waals surface area contributed by atoms with Crippen molar-refractivity contribution in [3.63, 3.8) is 0 Å². The minimum Gasteiger partial charge on any atom is -0.293 e. The van der Waals surface area contributed by atoms with Crippen LogP contribution in [0.4, 0.5) is 17.6 Å². The van der Waals surface area contributed by atoms with E-state index in [1.54, 1.807) is 0 Å². The summed E-state index contributed by atoms with van der Waals surface area (Å²) in [7, 11) is 0. The number of halogens is 5. The molecule has 3 aromatic rings. The largest absolute Gasteiger partial charge is 0.417 e. The van der Waals surface area contributed by atoms with Gasteiger partial charge in [-0.2, -0.15) is 18.3 Å². The maximum Gasteiger partial charge on any atom is 0.417 e. The molecule has 0 spiro atoms. The van der Waals surface area contributed by atoms with Crippen LogP contribution in [0.15, 0.2) is 30.5 Å². The minimum atomic E-state index is -4.59. The Labute approximate surface area is 137 Å². The van der Waals surface area contributed by atoms with Crippen LogP contribution in [0.1, 0.15) is 23.0 Å². The molecule has 0 unspecified atom stereocenters. The average Bonchev–Trinajstić information content (AvgIpc) is 2.84. The molecule has 0 N–H and O–H groups in total. The topological polar surface area (TPSA) is 47.8 Å². The van der Waals surface area contributed by atoms with Crippen molar-refractivity contribution in [3.05, 3.63) is 52.6 Å². The molecule has 0 amide bonds. The van der Waals surface area contributed by atoms with Gasteiger partial charge >= 0.3 is 6.18 Å². The third kappa shape index (κ3) is 2.73. The van der Waals surface area contributed by atoms with Gasteiger partial charge in [0.1, 0.15) is 11.5 Å². The van der Waals surface area contributed by atoms with E-state index in [1.807, 2.05) is 0 Å². The van der Waals surface area contributed by atoms with Gasteiger partial charge in [-0.05, 0) is 24.3 Å². The smallest absolute Gasteiger partial charge is 0.293 e. The molecular formula is C15H8ClF4N3O. The third-order valence-corrected chi connectivity index (χ3v) is 3.60. The summed E-state index contributed by atoms with van der Waals surface area (Å²) >= 11 is 5.91. The number of rotatable bonds is 2. The highest BCUT2D eigenvalue weighted by Gasteiger charge is 2.32. The molecule has 0 fully saturated rings. The van der Waals surface area contributed by atoms with E-state index >= 15 is 0 Å². The van der Waals surface area contributed by atoms with Crippen LogP contribution in [0, 0.1) is 5.82 Å². The number of benzene rings is 1. The molecule has 0 saturated heterocycles. The molecule has 0 aliphatic rings. The number of ketones is 1. The van der Waals surface area contributed by atoms with Gasteiger partial charge in [0, 0.05) is 18.5 Å². The van der Waals surface area contributed by atoms with E-state index in [1.165, 1.54) is 13.0 Å². The highest BCUT2D eigenvalue weighted by molar-refractivity contribution is 6.32. The summed E-state index contributed by atoms with van der Waals surface area (Å²) in [6.07, 6.45) is -3.97. The van der Waals surface area contributed by atoms with E-state index in [4.69, 9.17) is 11.6 Å². The Bertz CT molecular complexity index is 965. The van der Waals surface area contributed by atoms with Gasteiger partial charge in [0.25, 0.3) is 0 Å². The van der Waals surface area contributed by atoms with E-state index in [9.17, 15) is 22.4 Å². The zero-order valence-electron chi connectivity index (χ0n) is 12.0. The molecule has 24 heavy (non-hydrogen) atoms. The summed E-state index contributed by atoms with van der Waals surface area (Å²) < 4.78 is 52.7. The predicted octanol–water partition coefficient (Wildman–Crippen LogP) is 4.43. The first kappa shape index (κ1) is 16.4. The first-order valence-corrected chi connectivity index (χ1v) is 6.98. The maximum absolute atomic E-state index is 13.4. The second-order valence-corrected chi connectivity index (χ2v) is 5.41. The lowest BCUT2D eigenvalue weighted by Crippen LogP contribution is -2.08. The summed E-state index contributed by atoms with van der Waals surface area (Å²) in [5.41, 5.74) is -0.733. The Balaban J connectivity index is 2.25. The average molecular weight is 358 g/mol. The number of nitrogens with zero attached hydrogens (tertiary/aromatic N) is 3. The highest BCUT2D eigenvalue weighted by Crippen LogP contribution is 2.33. The monoisotopic (exact) mass is 357 g/mol. The summed E-state index contributed by atoms with van der Waals surface area (Å²) in [5, 5.41) is 3.95. The summed E-state index contributed by atoms with van der Waals surface area (Å²) in [5.74, 6) is -1.09. The Morgan fingerprint density at radius 3 is 2.54 bits per heavy atom. The van der Waals surface area contributed by atoms with E-state index in [0.29, 0.717) is 17.8 Å². The molecule has 0 aliphatic heterocycles. The quantitative estimate of drug-likeness (QED) is 0.503. The highest BCUT2D eigenvalue weighted by atomic mass is 35.5. The number of Topliss-reactive ketones (excluding diaryl/α,β-unsaturated/α-hetero) is 1. The molecule has 0 radical (unpaired) electrons. The van der Waals surface area contributed by atoms with Gasteiger partial charge in [0.2, 0.25) is 0 Å². The molecule has 0 bridgehead atoms. The minimum absolute atomic E-state index is 0.0257. The first-order chi connectivity index (χ1) is 11.2. The number of alkyl halides is 3. The normalized spacial score (nSPS) is 11.9. The predicted molar refractivity (Wildman–Crippen MR) is 78.8 cm³/mol. The number of hydrogen-bond donors (Lipinski definition) is 0. The Morgan fingerprint density at radius 1 is 1.25 bits per heavy atom. The fraction of sp³-hybridized carbons (Fsp3) is 0.133. The van der Waals surface area contributed by atoms with Crippen LogP contribution in [-0.4, -0.2) is 20.5 Å². The standard InChI is InChI=1S/C15H8ClF4N3O/c1-7(24)13-10-5-9(17)2-3-12(10)23(22-13)14-11(16)4-8(6-21-14)15(18,19)20/h2-6H,1H3. The summed E-state index contributed by atoms with van der Waals surface area (Å²) in [6, 6.07) is 4.32. The number of fused-ring (bicyclic) bond motifs is 1. The fourth-order valence-corrected chi connectivity index (χ4v) is 2.50. The van der Waals surface area contributed by atoms with Crippen LogP contribution in [0.2, 0.25) is 5.02 Å². The SMILES string of the molecule is CC(=O)c1nn(-c2ncc(C(F)(F)F)cc2Cl)c2ccc(F)cc12. The Kier molecular flexibility index (Phi) is 3.79. The molecular weight excluding hydrogens is 350 g/mol. The summed E-state index contributed by atoms with van der Waals surface area (Å²) in [6.45, 7) is 1.25. The maximum atomic E-state index is 13.4. The van der Waals surface area contributed by atoms with Gasteiger partial charge in [0.15, 0.2) is 11.6 Å². The van der Waals surface area contributed by atoms with Crippen LogP contribution in [0.25, 0.3) is 16.7 Å². The third-order valence-electron chi connectivity index (χ3n) is 3.33. The Hall–Kier alpha value is -2.48. The molecule has 0 atom stereocenters. The van der Waals surface area contributed by atoms with Crippen LogP contribution < -0.4 is 0 Å². The van der Waals surface area contributed by atoms with Crippen LogP contribution in [0.3, 0.4) is 0 Å². The van der Waals surface area contributed by atoms with Crippen molar-refractivity contribution in [3.8, 4) is 5.82 Å². The van der Waals surface area contributed by atoms with Crippen molar-refractivity contribution in [2.75, 3.05) is 0 Å². The molecule has 4 nitrogen and oxygen atoms in total. The van der Waals surface area contributed by atoms with Crippen molar-refractivity contribution >= 4 is 28.3 Å². The fourth-order valence-electron chi connectivity index (χ4n) is 2.25. The zero-order chi connectivity index (χ0) is 17.6.